The molecule has 28 heavy (non-hydrogen) atoms. The third-order valence-electron chi connectivity index (χ3n) is 6.07. The lowest BCUT2D eigenvalue weighted by molar-refractivity contribution is -0.0484. The number of carbonyl (C=O) groups excluding carboxylic acids is 1. The normalized spacial score (nSPS) is 22.6. The van der Waals surface area contributed by atoms with Gasteiger partial charge in [-0.3, -0.25) is 4.90 Å². The summed E-state index contributed by atoms with van der Waals surface area (Å²) in [6, 6.07) is 6.36. The van der Waals surface area contributed by atoms with Gasteiger partial charge in [0.1, 0.15) is 5.82 Å². The first-order chi connectivity index (χ1) is 13.3. The minimum Gasteiger partial charge on any atom is -0.335 e. The lowest BCUT2D eigenvalue weighted by Gasteiger charge is -2.34. The average molecular weight is 397 g/mol. The molecule has 1 aromatic carbocycles. The Balaban J connectivity index is 1.36. The number of hydrogen-bond donors (Lipinski definition) is 2. The van der Waals surface area contributed by atoms with E-state index in [1.807, 2.05) is 6.92 Å². The predicted molar refractivity (Wildman–Crippen MR) is 103 cm³/mol. The lowest BCUT2D eigenvalue weighted by atomic mass is 9.82. The number of carbonyl (C=O) groups is 1. The van der Waals surface area contributed by atoms with Gasteiger partial charge in [-0.05, 0) is 56.2 Å². The second kappa shape index (κ2) is 9.16. The summed E-state index contributed by atoms with van der Waals surface area (Å²) >= 11 is 0. The van der Waals surface area contributed by atoms with E-state index < -0.39 is 5.92 Å². The molecule has 2 aliphatic rings. The van der Waals surface area contributed by atoms with Gasteiger partial charge in [0, 0.05) is 44.6 Å². The van der Waals surface area contributed by atoms with Crippen molar-refractivity contribution in [3.05, 3.63) is 35.6 Å². The van der Waals surface area contributed by atoms with Gasteiger partial charge in [-0.15, -0.1) is 0 Å². The van der Waals surface area contributed by atoms with Crippen molar-refractivity contribution in [1.29, 1.82) is 0 Å². The van der Waals surface area contributed by atoms with E-state index in [2.05, 4.69) is 15.5 Å². The van der Waals surface area contributed by atoms with Crippen LogP contribution in [0.2, 0.25) is 0 Å². The monoisotopic (exact) mass is 397 g/mol. The van der Waals surface area contributed by atoms with Gasteiger partial charge in [0.25, 0.3) is 0 Å². The van der Waals surface area contributed by atoms with Gasteiger partial charge in [0.05, 0.1) is 0 Å². The van der Waals surface area contributed by atoms with Crippen molar-refractivity contribution in [3.63, 3.8) is 0 Å². The highest BCUT2D eigenvalue weighted by molar-refractivity contribution is 5.74. The number of rotatable bonds is 5. The number of nitrogens with zero attached hydrogens (tertiary/aromatic N) is 1. The van der Waals surface area contributed by atoms with Crippen LogP contribution >= 0.6 is 0 Å². The highest BCUT2D eigenvalue weighted by Crippen LogP contribution is 2.37. The van der Waals surface area contributed by atoms with Crippen LogP contribution in [0.25, 0.3) is 0 Å². The second-order valence-corrected chi connectivity index (χ2v) is 8.28. The molecule has 1 saturated carbocycles. The number of piperidine rings is 1. The van der Waals surface area contributed by atoms with Crippen LogP contribution in [-0.4, -0.2) is 42.0 Å². The zero-order valence-electron chi connectivity index (χ0n) is 16.4. The Bertz CT molecular complexity index is 635. The summed E-state index contributed by atoms with van der Waals surface area (Å²) in [6.45, 7) is 4.42. The number of nitrogens with one attached hydrogen (secondary N) is 2. The average Bonchev–Trinajstić information content (AvgIpc) is 2.65. The fourth-order valence-electron chi connectivity index (χ4n) is 4.20. The maximum absolute atomic E-state index is 13.3. The Morgan fingerprint density at radius 1 is 1.14 bits per heavy atom. The van der Waals surface area contributed by atoms with Gasteiger partial charge in [-0.2, -0.15) is 0 Å². The molecule has 4 nitrogen and oxygen atoms in total. The summed E-state index contributed by atoms with van der Waals surface area (Å²) in [5.41, 5.74) is 1.08. The predicted octanol–water partition coefficient (Wildman–Crippen LogP) is 4.30. The van der Waals surface area contributed by atoms with Crippen LogP contribution in [0.4, 0.5) is 18.0 Å². The van der Waals surface area contributed by atoms with E-state index in [-0.39, 0.29) is 42.7 Å². The number of amides is 2. The molecule has 0 bridgehead atoms. The molecule has 2 amide bonds. The standard InChI is InChI=1S/C21H30F3N3O/c1-15(17-6-10-21(23,24)11-7-17)25-20(28)26-19-8-12-27(13-9-19)14-16-2-4-18(22)5-3-16/h2-5,15,17,19H,6-14H2,1H3,(H2,25,26,28). The minimum absolute atomic E-state index is 0.0855. The molecule has 0 spiro atoms. The fourth-order valence-corrected chi connectivity index (χ4v) is 4.20. The summed E-state index contributed by atoms with van der Waals surface area (Å²) in [7, 11) is 0. The molecule has 1 atom stereocenters. The molecule has 0 radical (unpaired) electrons. The van der Waals surface area contributed by atoms with Crippen LogP contribution in [0, 0.1) is 11.7 Å². The maximum Gasteiger partial charge on any atom is 0.315 e. The van der Waals surface area contributed by atoms with Gasteiger partial charge in [0.15, 0.2) is 0 Å². The SMILES string of the molecule is CC(NC(=O)NC1CCN(Cc2ccc(F)cc2)CC1)C1CCC(F)(F)CC1. The summed E-state index contributed by atoms with van der Waals surface area (Å²) < 4.78 is 39.5. The third kappa shape index (κ3) is 6.12. The van der Waals surface area contributed by atoms with Gasteiger partial charge >= 0.3 is 6.03 Å². The van der Waals surface area contributed by atoms with E-state index in [0.717, 1.165) is 38.0 Å². The Kier molecular flexibility index (Phi) is 6.86. The van der Waals surface area contributed by atoms with Crippen LogP contribution in [0.5, 0.6) is 0 Å². The number of likely N-dealkylation sites (tertiary alicyclic amines) is 1. The summed E-state index contributed by atoms with van der Waals surface area (Å²) in [4.78, 5) is 14.6. The molecule has 1 aromatic rings. The van der Waals surface area contributed by atoms with E-state index in [1.165, 1.54) is 12.1 Å². The Morgan fingerprint density at radius 3 is 2.36 bits per heavy atom. The number of benzene rings is 1. The number of hydrogen-bond acceptors (Lipinski definition) is 2. The smallest absolute Gasteiger partial charge is 0.315 e. The van der Waals surface area contributed by atoms with Crippen molar-refractivity contribution in [3.8, 4) is 0 Å². The molecule has 1 aliphatic carbocycles. The highest BCUT2D eigenvalue weighted by atomic mass is 19.3. The number of urea groups is 1. The molecular formula is C21H30F3N3O. The van der Waals surface area contributed by atoms with Gasteiger partial charge in [-0.25, -0.2) is 18.0 Å². The van der Waals surface area contributed by atoms with Gasteiger partial charge < -0.3 is 10.6 Å². The Hall–Kier alpha value is -1.76. The van der Waals surface area contributed by atoms with E-state index in [4.69, 9.17) is 0 Å². The fraction of sp³-hybridized carbons (Fsp3) is 0.667. The summed E-state index contributed by atoms with van der Waals surface area (Å²) in [5, 5.41) is 5.96. The molecule has 2 N–H and O–H groups in total. The molecule has 2 fully saturated rings. The Labute approximate surface area is 164 Å². The number of halogens is 3. The molecule has 7 heteroatoms. The maximum atomic E-state index is 13.3. The quantitative estimate of drug-likeness (QED) is 0.778. The Morgan fingerprint density at radius 2 is 1.75 bits per heavy atom. The molecular weight excluding hydrogens is 367 g/mol. The minimum atomic E-state index is -2.54. The van der Waals surface area contributed by atoms with E-state index >= 15 is 0 Å². The van der Waals surface area contributed by atoms with Crippen LogP contribution < -0.4 is 10.6 Å². The molecule has 1 aliphatic heterocycles. The van der Waals surface area contributed by atoms with E-state index in [1.54, 1.807) is 12.1 Å². The molecule has 1 unspecified atom stereocenters. The first-order valence-electron chi connectivity index (χ1n) is 10.2. The molecule has 1 heterocycles. The largest absolute Gasteiger partial charge is 0.335 e. The van der Waals surface area contributed by atoms with Crippen LogP contribution in [0.3, 0.4) is 0 Å². The zero-order chi connectivity index (χ0) is 20.1. The van der Waals surface area contributed by atoms with E-state index in [9.17, 15) is 18.0 Å². The van der Waals surface area contributed by atoms with Crippen molar-refractivity contribution in [2.45, 2.75) is 70.0 Å². The lowest BCUT2D eigenvalue weighted by Crippen LogP contribution is -2.51. The van der Waals surface area contributed by atoms with Crippen molar-refractivity contribution in [2.24, 2.45) is 5.92 Å². The van der Waals surface area contributed by atoms with Gasteiger partial charge in [0.2, 0.25) is 5.92 Å². The molecule has 156 valence electrons. The third-order valence-corrected chi connectivity index (χ3v) is 6.07. The summed E-state index contributed by atoms with van der Waals surface area (Å²) in [5.74, 6) is -2.66. The van der Waals surface area contributed by atoms with Crippen molar-refractivity contribution in [2.75, 3.05) is 13.1 Å². The molecule has 0 aromatic heterocycles. The molecule has 1 saturated heterocycles. The highest BCUT2D eigenvalue weighted by Gasteiger charge is 2.37. The summed E-state index contributed by atoms with van der Waals surface area (Å²) in [6.07, 6.45) is 2.46. The molecule has 3 rings (SSSR count). The van der Waals surface area contributed by atoms with Crippen molar-refractivity contribution >= 4 is 6.03 Å². The van der Waals surface area contributed by atoms with Crippen molar-refractivity contribution in [1.82, 2.24) is 15.5 Å². The zero-order valence-corrected chi connectivity index (χ0v) is 16.4. The number of alkyl halides is 2. The van der Waals surface area contributed by atoms with Crippen LogP contribution in [0.15, 0.2) is 24.3 Å². The van der Waals surface area contributed by atoms with E-state index in [0.29, 0.717) is 12.8 Å². The topological polar surface area (TPSA) is 44.4 Å². The first kappa shape index (κ1) is 21.0. The van der Waals surface area contributed by atoms with Crippen molar-refractivity contribution < 1.29 is 18.0 Å². The van der Waals surface area contributed by atoms with Crippen LogP contribution in [0.1, 0.15) is 51.0 Å². The first-order valence-corrected chi connectivity index (χ1v) is 10.2. The van der Waals surface area contributed by atoms with Crippen LogP contribution in [-0.2, 0) is 6.54 Å². The second-order valence-electron chi connectivity index (χ2n) is 8.28. The van der Waals surface area contributed by atoms with Gasteiger partial charge in [-0.1, -0.05) is 12.1 Å².